The SMILES string of the molecule is Fc1ccc(F)c(-c2c(F)c(F)c(F)c(F)c2F)c1F. The summed E-state index contributed by atoms with van der Waals surface area (Å²) in [5.74, 6) is -17.6. The van der Waals surface area contributed by atoms with Crippen molar-refractivity contribution in [2.45, 2.75) is 0 Å². The molecule has 0 amide bonds. The molecule has 0 aliphatic rings. The molecule has 0 spiro atoms. The monoisotopic (exact) mass is 298 g/mol. The highest BCUT2D eigenvalue weighted by atomic mass is 19.2. The first-order chi connectivity index (χ1) is 9.27. The van der Waals surface area contributed by atoms with E-state index in [-0.39, 0.29) is 0 Å². The number of hydrogen-bond donors (Lipinski definition) is 0. The molecular formula is C12H2F8. The second-order valence-electron chi connectivity index (χ2n) is 3.66. The molecule has 0 saturated carbocycles. The van der Waals surface area contributed by atoms with Crippen LogP contribution in [0.2, 0.25) is 0 Å². The fourth-order valence-electron chi connectivity index (χ4n) is 1.58. The molecule has 8 heteroatoms. The van der Waals surface area contributed by atoms with E-state index >= 15 is 0 Å². The zero-order chi connectivity index (χ0) is 15.2. The number of hydrogen-bond acceptors (Lipinski definition) is 0. The van der Waals surface area contributed by atoms with Gasteiger partial charge in [-0.2, -0.15) is 0 Å². The fourth-order valence-corrected chi connectivity index (χ4v) is 1.58. The van der Waals surface area contributed by atoms with Crippen LogP contribution < -0.4 is 0 Å². The van der Waals surface area contributed by atoms with E-state index in [0.29, 0.717) is 12.1 Å². The third kappa shape index (κ3) is 1.91. The Kier molecular flexibility index (Phi) is 3.41. The van der Waals surface area contributed by atoms with Crippen molar-refractivity contribution in [1.82, 2.24) is 0 Å². The lowest BCUT2D eigenvalue weighted by Gasteiger charge is -2.10. The minimum Gasteiger partial charge on any atom is -0.206 e. The van der Waals surface area contributed by atoms with Gasteiger partial charge in [0.15, 0.2) is 34.9 Å². The van der Waals surface area contributed by atoms with Crippen LogP contribution in [0.15, 0.2) is 12.1 Å². The van der Waals surface area contributed by atoms with Gasteiger partial charge in [-0.15, -0.1) is 0 Å². The van der Waals surface area contributed by atoms with E-state index < -0.39 is 57.7 Å². The van der Waals surface area contributed by atoms with Gasteiger partial charge >= 0.3 is 0 Å². The Morgan fingerprint density at radius 3 is 1.30 bits per heavy atom. The Morgan fingerprint density at radius 1 is 0.400 bits per heavy atom. The minimum atomic E-state index is -2.49. The Balaban J connectivity index is 2.95. The zero-order valence-corrected chi connectivity index (χ0v) is 9.18. The standard InChI is InChI=1S/C12H2F8/c13-3-1-2-4(14)7(15)5(3)6-8(16)10(18)12(20)11(19)9(6)17/h1-2H. The summed E-state index contributed by atoms with van der Waals surface area (Å²) in [6.45, 7) is 0. The van der Waals surface area contributed by atoms with Gasteiger partial charge < -0.3 is 0 Å². The molecule has 0 aliphatic heterocycles. The van der Waals surface area contributed by atoms with Gasteiger partial charge in [-0.3, -0.25) is 0 Å². The van der Waals surface area contributed by atoms with E-state index in [0.717, 1.165) is 0 Å². The van der Waals surface area contributed by atoms with Crippen molar-refractivity contribution in [3.05, 3.63) is 58.7 Å². The Bertz CT molecular complexity index is 678. The first-order valence-corrected chi connectivity index (χ1v) is 4.92. The lowest BCUT2D eigenvalue weighted by molar-refractivity contribution is 0.380. The van der Waals surface area contributed by atoms with Gasteiger partial charge in [0, 0.05) is 0 Å². The van der Waals surface area contributed by atoms with Crippen LogP contribution in [0.3, 0.4) is 0 Å². The highest BCUT2D eigenvalue weighted by Gasteiger charge is 2.30. The van der Waals surface area contributed by atoms with E-state index in [9.17, 15) is 35.1 Å². The fraction of sp³-hybridized carbons (Fsp3) is 0. The minimum absolute atomic E-state index is 0.297. The number of rotatable bonds is 1. The lowest BCUT2D eigenvalue weighted by atomic mass is 10.0. The van der Waals surface area contributed by atoms with E-state index in [1.807, 2.05) is 0 Å². The van der Waals surface area contributed by atoms with E-state index in [1.54, 1.807) is 0 Å². The third-order valence-electron chi connectivity index (χ3n) is 2.50. The van der Waals surface area contributed by atoms with Crippen molar-refractivity contribution in [2.24, 2.45) is 0 Å². The molecular weight excluding hydrogens is 296 g/mol. The quantitative estimate of drug-likeness (QED) is 0.414. The van der Waals surface area contributed by atoms with E-state index in [2.05, 4.69) is 0 Å². The summed E-state index contributed by atoms with van der Waals surface area (Å²) in [4.78, 5) is 0. The second-order valence-corrected chi connectivity index (χ2v) is 3.66. The lowest BCUT2D eigenvalue weighted by Crippen LogP contribution is -2.07. The molecule has 0 atom stereocenters. The molecule has 106 valence electrons. The second kappa shape index (κ2) is 4.77. The predicted octanol–water partition coefficient (Wildman–Crippen LogP) is 4.47. The maximum Gasteiger partial charge on any atom is 0.200 e. The number of halogens is 8. The largest absolute Gasteiger partial charge is 0.206 e. The van der Waals surface area contributed by atoms with Crippen LogP contribution in [0.25, 0.3) is 11.1 Å². The Labute approximate surface area is 106 Å². The maximum absolute atomic E-state index is 13.4. The average Bonchev–Trinajstić information content (AvgIpc) is 2.42. The summed E-state index contributed by atoms with van der Waals surface area (Å²) in [6.07, 6.45) is 0. The van der Waals surface area contributed by atoms with Gasteiger partial charge in [-0.25, -0.2) is 35.1 Å². The van der Waals surface area contributed by atoms with Crippen LogP contribution in [0.5, 0.6) is 0 Å². The summed E-state index contributed by atoms with van der Waals surface area (Å²) >= 11 is 0. The van der Waals surface area contributed by atoms with Gasteiger partial charge in [-0.1, -0.05) is 0 Å². The van der Waals surface area contributed by atoms with Crippen molar-refractivity contribution in [3.63, 3.8) is 0 Å². The molecule has 20 heavy (non-hydrogen) atoms. The molecule has 0 bridgehead atoms. The average molecular weight is 298 g/mol. The van der Waals surface area contributed by atoms with Crippen LogP contribution in [-0.2, 0) is 0 Å². The molecule has 0 aromatic heterocycles. The van der Waals surface area contributed by atoms with E-state index in [4.69, 9.17) is 0 Å². The smallest absolute Gasteiger partial charge is 0.200 e. The third-order valence-corrected chi connectivity index (χ3v) is 2.50. The van der Waals surface area contributed by atoms with Gasteiger partial charge in [0.25, 0.3) is 0 Å². The molecule has 2 aromatic carbocycles. The molecule has 0 unspecified atom stereocenters. The Hall–Kier alpha value is -2.12. The van der Waals surface area contributed by atoms with Crippen LogP contribution in [0.4, 0.5) is 35.1 Å². The molecule has 0 heterocycles. The molecule has 0 N–H and O–H groups in total. The highest BCUT2D eigenvalue weighted by Crippen LogP contribution is 2.35. The summed E-state index contributed by atoms with van der Waals surface area (Å²) < 4.78 is 105. The van der Waals surface area contributed by atoms with E-state index in [1.165, 1.54) is 0 Å². The topological polar surface area (TPSA) is 0 Å². The summed E-state index contributed by atoms with van der Waals surface area (Å²) in [5.41, 5.74) is -3.53. The molecule has 0 radical (unpaired) electrons. The number of benzene rings is 2. The van der Waals surface area contributed by atoms with Gasteiger partial charge in [-0.05, 0) is 12.1 Å². The first-order valence-electron chi connectivity index (χ1n) is 4.92. The van der Waals surface area contributed by atoms with Crippen molar-refractivity contribution < 1.29 is 35.1 Å². The molecule has 0 fully saturated rings. The van der Waals surface area contributed by atoms with Crippen LogP contribution in [0, 0.1) is 46.5 Å². The van der Waals surface area contributed by atoms with Gasteiger partial charge in [0.2, 0.25) is 5.82 Å². The summed E-state index contributed by atoms with van der Waals surface area (Å²) in [5, 5.41) is 0. The summed E-state index contributed by atoms with van der Waals surface area (Å²) in [6, 6.07) is 0.603. The highest BCUT2D eigenvalue weighted by molar-refractivity contribution is 5.66. The van der Waals surface area contributed by atoms with Crippen molar-refractivity contribution >= 4 is 0 Å². The predicted molar refractivity (Wildman–Crippen MR) is 51.5 cm³/mol. The van der Waals surface area contributed by atoms with Crippen molar-refractivity contribution in [3.8, 4) is 11.1 Å². The molecule has 0 nitrogen and oxygen atoms in total. The zero-order valence-electron chi connectivity index (χ0n) is 9.18. The maximum atomic E-state index is 13.4. The molecule has 2 aromatic rings. The molecule has 0 saturated heterocycles. The summed E-state index contributed by atoms with van der Waals surface area (Å²) in [7, 11) is 0. The van der Waals surface area contributed by atoms with Crippen LogP contribution in [-0.4, -0.2) is 0 Å². The van der Waals surface area contributed by atoms with Gasteiger partial charge in [0.05, 0.1) is 11.1 Å². The van der Waals surface area contributed by atoms with Crippen molar-refractivity contribution in [1.29, 1.82) is 0 Å². The van der Waals surface area contributed by atoms with Crippen molar-refractivity contribution in [2.75, 3.05) is 0 Å². The van der Waals surface area contributed by atoms with Crippen LogP contribution in [0.1, 0.15) is 0 Å². The normalized spacial score (nSPS) is 11.0. The molecule has 0 aliphatic carbocycles. The molecule has 2 rings (SSSR count). The van der Waals surface area contributed by atoms with Gasteiger partial charge in [0.1, 0.15) is 5.82 Å². The Morgan fingerprint density at radius 2 is 0.800 bits per heavy atom. The first kappa shape index (κ1) is 14.3. The van der Waals surface area contributed by atoms with Crippen LogP contribution >= 0.6 is 0 Å².